The number of hydrogen-bond acceptors (Lipinski definition) is 4. The molecule has 0 aliphatic rings. The standard InChI is InChI=1S/C16H30N4/c1-5-8-9-14(7-3)12-18-16-11-15(17-10-6-2)19-13(4)20-16/h11,14H,5-10,12H2,1-4H3,(H2,17,18,19,20). The third-order valence-corrected chi connectivity index (χ3v) is 3.51. The zero-order chi connectivity index (χ0) is 14.8. The van der Waals surface area contributed by atoms with Crippen molar-refractivity contribution in [2.75, 3.05) is 23.7 Å². The lowest BCUT2D eigenvalue weighted by Crippen LogP contribution is -2.15. The van der Waals surface area contributed by atoms with Crippen LogP contribution in [-0.2, 0) is 0 Å². The molecule has 0 aliphatic carbocycles. The quantitative estimate of drug-likeness (QED) is 0.672. The number of hydrogen-bond donors (Lipinski definition) is 2. The van der Waals surface area contributed by atoms with E-state index in [2.05, 4.69) is 41.4 Å². The molecule has 1 heterocycles. The van der Waals surface area contributed by atoms with Crippen LogP contribution in [0.25, 0.3) is 0 Å². The predicted octanol–water partition coefficient (Wildman–Crippen LogP) is 4.24. The third kappa shape index (κ3) is 6.22. The molecule has 0 amide bonds. The van der Waals surface area contributed by atoms with Crippen LogP contribution in [0.1, 0.15) is 58.7 Å². The molecule has 0 fully saturated rings. The highest BCUT2D eigenvalue weighted by atomic mass is 15.1. The number of aromatic nitrogens is 2. The van der Waals surface area contributed by atoms with Crippen molar-refractivity contribution < 1.29 is 0 Å². The largest absolute Gasteiger partial charge is 0.370 e. The average Bonchev–Trinajstić information content (AvgIpc) is 2.45. The van der Waals surface area contributed by atoms with Crippen molar-refractivity contribution in [3.05, 3.63) is 11.9 Å². The van der Waals surface area contributed by atoms with Crippen LogP contribution in [0.4, 0.5) is 11.6 Å². The fourth-order valence-electron chi connectivity index (χ4n) is 2.19. The smallest absolute Gasteiger partial charge is 0.131 e. The minimum absolute atomic E-state index is 0.734. The first-order valence-electron chi connectivity index (χ1n) is 8.02. The molecule has 114 valence electrons. The molecule has 4 heteroatoms. The molecular weight excluding hydrogens is 248 g/mol. The molecular formula is C16H30N4. The van der Waals surface area contributed by atoms with Crippen LogP contribution >= 0.6 is 0 Å². The van der Waals surface area contributed by atoms with Crippen molar-refractivity contribution in [2.24, 2.45) is 5.92 Å². The summed E-state index contributed by atoms with van der Waals surface area (Å²) in [6.45, 7) is 10.6. The molecule has 20 heavy (non-hydrogen) atoms. The number of nitrogens with zero attached hydrogens (tertiary/aromatic N) is 2. The first-order valence-corrected chi connectivity index (χ1v) is 8.02. The van der Waals surface area contributed by atoms with E-state index in [4.69, 9.17) is 0 Å². The van der Waals surface area contributed by atoms with Crippen molar-refractivity contribution in [3.63, 3.8) is 0 Å². The van der Waals surface area contributed by atoms with E-state index in [1.165, 1.54) is 25.7 Å². The maximum absolute atomic E-state index is 4.47. The van der Waals surface area contributed by atoms with Crippen LogP contribution in [0.15, 0.2) is 6.07 Å². The van der Waals surface area contributed by atoms with E-state index < -0.39 is 0 Å². The first-order chi connectivity index (χ1) is 9.69. The van der Waals surface area contributed by atoms with Gasteiger partial charge in [0, 0.05) is 19.2 Å². The Morgan fingerprint density at radius 2 is 1.75 bits per heavy atom. The Morgan fingerprint density at radius 1 is 1.05 bits per heavy atom. The SMILES string of the molecule is CCCCC(CC)CNc1cc(NCCC)nc(C)n1. The molecule has 0 saturated heterocycles. The molecule has 1 aromatic rings. The fourth-order valence-corrected chi connectivity index (χ4v) is 2.19. The topological polar surface area (TPSA) is 49.8 Å². The number of rotatable bonds is 10. The second-order valence-corrected chi connectivity index (χ2v) is 5.41. The van der Waals surface area contributed by atoms with Crippen LogP contribution in [0, 0.1) is 12.8 Å². The Kier molecular flexibility index (Phi) is 8.00. The summed E-state index contributed by atoms with van der Waals surface area (Å²) in [5, 5.41) is 6.79. The minimum Gasteiger partial charge on any atom is -0.370 e. The van der Waals surface area contributed by atoms with E-state index in [1.807, 2.05) is 13.0 Å². The number of nitrogens with one attached hydrogen (secondary N) is 2. The molecule has 0 radical (unpaired) electrons. The second kappa shape index (κ2) is 9.56. The first kappa shape index (κ1) is 16.7. The van der Waals surface area contributed by atoms with Crippen molar-refractivity contribution >= 4 is 11.6 Å². The second-order valence-electron chi connectivity index (χ2n) is 5.41. The molecule has 4 nitrogen and oxygen atoms in total. The van der Waals surface area contributed by atoms with Crippen LogP contribution in [0.3, 0.4) is 0 Å². The minimum atomic E-state index is 0.734. The van der Waals surface area contributed by atoms with Gasteiger partial charge in [0.1, 0.15) is 17.5 Å². The van der Waals surface area contributed by atoms with E-state index in [-0.39, 0.29) is 0 Å². The summed E-state index contributed by atoms with van der Waals surface area (Å²) in [5.74, 6) is 3.40. The lowest BCUT2D eigenvalue weighted by atomic mass is 9.99. The van der Waals surface area contributed by atoms with E-state index in [0.29, 0.717) is 0 Å². The van der Waals surface area contributed by atoms with Gasteiger partial charge in [0.25, 0.3) is 0 Å². The fraction of sp³-hybridized carbons (Fsp3) is 0.750. The maximum atomic E-state index is 4.47. The molecule has 1 unspecified atom stereocenters. The van der Waals surface area contributed by atoms with E-state index >= 15 is 0 Å². The van der Waals surface area contributed by atoms with Gasteiger partial charge in [-0.25, -0.2) is 9.97 Å². The van der Waals surface area contributed by atoms with Gasteiger partial charge >= 0.3 is 0 Å². The molecule has 2 N–H and O–H groups in total. The van der Waals surface area contributed by atoms with Crippen molar-refractivity contribution in [3.8, 4) is 0 Å². The van der Waals surface area contributed by atoms with Crippen LogP contribution in [0.5, 0.6) is 0 Å². The van der Waals surface area contributed by atoms with Gasteiger partial charge in [-0.3, -0.25) is 0 Å². The zero-order valence-corrected chi connectivity index (χ0v) is 13.5. The Balaban J connectivity index is 2.55. The molecule has 0 spiro atoms. The van der Waals surface area contributed by atoms with E-state index in [1.54, 1.807) is 0 Å². The summed E-state index contributed by atoms with van der Waals surface area (Å²) in [6.07, 6.45) is 6.20. The average molecular weight is 278 g/mol. The summed E-state index contributed by atoms with van der Waals surface area (Å²) >= 11 is 0. The molecule has 0 aliphatic heterocycles. The van der Waals surface area contributed by atoms with Crippen LogP contribution < -0.4 is 10.6 Å². The highest BCUT2D eigenvalue weighted by Gasteiger charge is 2.07. The lowest BCUT2D eigenvalue weighted by Gasteiger charge is -2.16. The van der Waals surface area contributed by atoms with Crippen LogP contribution in [0.2, 0.25) is 0 Å². The summed E-state index contributed by atoms with van der Waals surface area (Å²) in [5.41, 5.74) is 0. The number of unbranched alkanes of at least 4 members (excludes halogenated alkanes) is 1. The molecule has 1 rings (SSSR count). The van der Waals surface area contributed by atoms with Gasteiger partial charge < -0.3 is 10.6 Å². The van der Waals surface area contributed by atoms with Gasteiger partial charge in [-0.15, -0.1) is 0 Å². The molecule has 0 saturated carbocycles. The van der Waals surface area contributed by atoms with Crippen molar-refractivity contribution in [2.45, 2.75) is 59.8 Å². The number of aryl methyl sites for hydroxylation is 1. The predicted molar refractivity (Wildman–Crippen MR) is 87.3 cm³/mol. The van der Waals surface area contributed by atoms with Gasteiger partial charge in [0.15, 0.2) is 0 Å². The molecule has 0 aromatic carbocycles. The Hall–Kier alpha value is -1.32. The van der Waals surface area contributed by atoms with E-state index in [0.717, 1.165) is 42.9 Å². The van der Waals surface area contributed by atoms with Gasteiger partial charge in [0.05, 0.1) is 0 Å². The van der Waals surface area contributed by atoms with Gasteiger partial charge in [-0.05, 0) is 25.7 Å². The Bertz CT molecular complexity index is 379. The number of anilines is 2. The van der Waals surface area contributed by atoms with Gasteiger partial charge in [0.2, 0.25) is 0 Å². The Labute approximate surface area is 123 Å². The highest BCUT2D eigenvalue weighted by molar-refractivity contribution is 5.47. The van der Waals surface area contributed by atoms with Crippen molar-refractivity contribution in [1.82, 2.24) is 9.97 Å². The van der Waals surface area contributed by atoms with Crippen LogP contribution in [-0.4, -0.2) is 23.1 Å². The Morgan fingerprint density at radius 3 is 2.35 bits per heavy atom. The van der Waals surface area contributed by atoms with Gasteiger partial charge in [-0.1, -0.05) is 40.0 Å². The lowest BCUT2D eigenvalue weighted by molar-refractivity contribution is 0.472. The summed E-state index contributed by atoms with van der Waals surface area (Å²) in [7, 11) is 0. The van der Waals surface area contributed by atoms with Gasteiger partial charge in [-0.2, -0.15) is 0 Å². The summed E-state index contributed by atoms with van der Waals surface area (Å²) < 4.78 is 0. The summed E-state index contributed by atoms with van der Waals surface area (Å²) in [6, 6.07) is 2.01. The van der Waals surface area contributed by atoms with Crippen molar-refractivity contribution in [1.29, 1.82) is 0 Å². The maximum Gasteiger partial charge on any atom is 0.131 e. The molecule has 1 aromatic heterocycles. The molecule has 0 bridgehead atoms. The monoisotopic (exact) mass is 278 g/mol. The summed E-state index contributed by atoms with van der Waals surface area (Å²) in [4.78, 5) is 8.87. The van der Waals surface area contributed by atoms with E-state index in [9.17, 15) is 0 Å². The normalized spacial score (nSPS) is 12.2. The third-order valence-electron chi connectivity index (χ3n) is 3.51. The zero-order valence-electron chi connectivity index (χ0n) is 13.5. The highest BCUT2D eigenvalue weighted by Crippen LogP contribution is 2.15. The molecule has 1 atom stereocenters.